The van der Waals surface area contributed by atoms with E-state index >= 15 is 0 Å². The normalized spacial score (nSPS) is 26.7. The number of aliphatic hydroxyl groups is 1. The van der Waals surface area contributed by atoms with Gasteiger partial charge in [0.15, 0.2) is 12.4 Å². The fourth-order valence-electron chi connectivity index (χ4n) is 3.04. The van der Waals surface area contributed by atoms with Crippen molar-refractivity contribution in [1.82, 2.24) is 0 Å². The van der Waals surface area contributed by atoms with E-state index < -0.39 is 36.5 Å². The molecule has 4 rings (SSSR count). The molecule has 0 unspecified atom stereocenters. The van der Waals surface area contributed by atoms with E-state index in [1.165, 1.54) is 0 Å². The second-order valence-corrected chi connectivity index (χ2v) is 6.33. The highest BCUT2D eigenvalue weighted by atomic mass is 16.7. The summed E-state index contributed by atoms with van der Waals surface area (Å²) in [5, 5.41) is 9.77. The third kappa shape index (κ3) is 3.85. The van der Waals surface area contributed by atoms with Crippen molar-refractivity contribution in [3.8, 4) is 0 Å². The van der Waals surface area contributed by atoms with Crippen LogP contribution in [0.5, 0.6) is 0 Å². The van der Waals surface area contributed by atoms with Crippen LogP contribution in [0.2, 0.25) is 0 Å². The molecule has 2 heterocycles. The number of esters is 2. The van der Waals surface area contributed by atoms with Gasteiger partial charge in [-0.05, 0) is 24.3 Å². The lowest BCUT2D eigenvalue weighted by atomic mass is 10.1. The quantitative estimate of drug-likeness (QED) is 0.609. The molecule has 140 valence electrons. The predicted molar refractivity (Wildman–Crippen MR) is 91.9 cm³/mol. The molecule has 0 bridgehead atoms. The molecule has 0 radical (unpaired) electrons. The van der Waals surface area contributed by atoms with Crippen molar-refractivity contribution in [3.05, 3.63) is 71.8 Å². The zero-order valence-corrected chi connectivity index (χ0v) is 14.3. The maximum atomic E-state index is 12.4. The number of aliphatic hydroxyl groups excluding tert-OH is 1. The molecule has 1 N–H and O–H groups in total. The Kier molecular flexibility index (Phi) is 4.89. The summed E-state index contributed by atoms with van der Waals surface area (Å²) < 4.78 is 21.6. The molecule has 0 spiro atoms. The number of hydrogen-bond donors (Lipinski definition) is 1. The highest BCUT2D eigenvalue weighted by molar-refractivity contribution is 5.90. The summed E-state index contributed by atoms with van der Waals surface area (Å²) in [5.74, 6) is -1.11. The third-order valence-electron chi connectivity index (χ3n) is 4.49. The average Bonchev–Trinajstić information content (AvgIpc) is 3.45. The maximum absolute atomic E-state index is 12.4. The Labute approximate surface area is 155 Å². The van der Waals surface area contributed by atoms with Gasteiger partial charge in [-0.25, -0.2) is 9.59 Å². The van der Waals surface area contributed by atoms with Gasteiger partial charge in [0.25, 0.3) is 0 Å². The Bertz CT molecular complexity index is 808. The van der Waals surface area contributed by atoms with E-state index in [-0.39, 0.29) is 12.7 Å². The molecule has 2 saturated heterocycles. The van der Waals surface area contributed by atoms with Gasteiger partial charge in [-0.3, -0.25) is 0 Å². The van der Waals surface area contributed by atoms with E-state index in [0.29, 0.717) is 11.1 Å². The first-order valence-electron chi connectivity index (χ1n) is 8.60. The fourth-order valence-corrected chi connectivity index (χ4v) is 3.04. The van der Waals surface area contributed by atoms with Gasteiger partial charge in [-0.15, -0.1) is 0 Å². The molecule has 0 amide bonds. The van der Waals surface area contributed by atoms with E-state index in [4.69, 9.17) is 18.9 Å². The van der Waals surface area contributed by atoms with Crippen molar-refractivity contribution < 1.29 is 33.6 Å². The third-order valence-corrected chi connectivity index (χ3v) is 4.49. The Balaban J connectivity index is 1.45. The monoisotopic (exact) mass is 370 g/mol. The Morgan fingerprint density at radius 1 is 0.889 bits per heavy atom. The first kappa shape index (κ1) is 17.7. The molecule has 7 nitrogen and oxygen atoms in total. The van der Waals surface area contributed by atoms with Gasteiger partial charge in [0, 0.05) is 0 Å². The van der Waals surface area contributed by atoms with Crippen molar-refractivity contribution in [2.45, 2.75) is 30.7 Å². The smallest absolute Gasteiger partial charge is 0.338 e. The van der Waals surface area contributed by atoms with Gasteiger partial charge in [0.05, 0.1) is 11.1 Å². The summed E-state index contributed by atoms with van der Waals surface area (Å²) in [4.78, 5) is 24.6. The van der Waals surface area contributed by atoms with E-state index in [2.05, 4.69) is 0 Å². The SMILES string of the molecule is O=C(OC[C@@H](OC(=O)c1ccccc1)[C@H]1O[C@@H](O)[C@@H]2O[C@@H]21)c1ccccc1. The van der Waals surface area contributed by atoms with Crippen LogP contribution in [-0.4, -0.2) is 54.4 Å². The Hall–Kier alpha value is -2.74. The summed E-state index contributed by atoms with van der Waals surface area (Å²) in [6, 6.07) is 17.0. The second-order valence-electron chi connectivity index (χ2n) is 6.33. The van der Waals surface area contributed by atoms with Crippen LogP contribution in [0.25, 0.3) is 0 Å². The van der Waals surface area contributed by atoms with Crippen LogP contribution in [0.1, 0.15) is 20.7 Å². The number of rotatable bonds is 6. The largest absolute Gasteiger partial charge is 0.458 e. The topological polar surface area (TPSA) is 94.6 Å². The lowest BCUT2D eigenvalue weighted by Crippen LogP contribution is -2.40. The van der Waals surface area contributed by atoms with Crippen molar-refractivity contribution >= 4 is 11.9 Å². The van der Waals surface area contributed by atoms with Crippen LogP contribution in [-0.2, 0) is 18.9 Å². The number of benzene rings is 2. The molecule has 27 heavy (non-hydrogen) atoms. The fraction of sp³-hybridized carbons (Fsp3) is 0.300. The summed E-state index contributed by atoms with van der Waals surface area (Å²) in [5.41, 5.74) is 0.752. The number of ether oxygens (including phenoxy) is 4. The first-order valence-corrected chi connectivity index (χ1v) is 8.60. The number of carbonyl (C=O) groups excluding carboxylic acids is 2. The molecule has 7 heteroatoms. The molecule has 2 aliphatic heterocycles. The molecule has 2 fully saturated rings. The van der Waals surface area contributed by atoms with E-state index in [1.807, 2.05) is 0 Å². The lowest BCUT2D eigenvalue weighted by Gasteiger charge is -2.24. The van der Waals surface area contributed by atoms with Crippen LogP contribution in [0.3, 0.4) is 0 Å². The molecule has 0 aliphatic carbocycles. The zero-order chi connectivity index (χ0) is 18.8. The van der Waals surface area contributed by atoms with Crippen LogP contribution >= 0.6 is 0 Å². The van der Waals surface area contributed by atoms with Gasteiger partial charge in [-0.1, -0.05) is 36.4 Å². The van der Waals surface area contributed by atoms with Gasteiger partial charge in [-0.2, -0.15) is 0 Å². The van der Waals surface area contributed by atoms with Crippen LogP contribution in [0.4, 0.5) is 0 Å². The molecule has 2 aromatic rings. The molecular formula is C20H18O7. The van der Waals surface area contributed by atoms with Gasteiger partial charge in [0.1, 0.15) is 24.9 Å². The predicted octanol–water partition coefficient (Wildman–Crippen LogP) is 1.55. The van der Waals surface area contributed by atoms with Crippen LogP contribution < -0.4 is 0 Å². The molecule has 2 aliphatic rings. The first-order chi connectivity index (χ1) is 13.1. The van der Waals surface area contributed by atoms with Crippen molar-refractivity contribution in [3.63, 3.8) is 0 Å². The van der Waals surface area contributed by atoms with Gasteiger partial charge < -0.3 is 24.1 Å². The second kappa shape index (κ2) is 7.48. The summed E-state index contributed by atoms with van der Waals surface area (Å²) >= 11 is 0. The van der Waals surface area contributed by atoms with Gasteiger partial charge >= 0.3 is 11.9 Å². The number of carbonyl (C=O) groups is 2. The van der Waals surface area contributed by atoms with Crippen LogP contribution in [0.15, 0.2) is 60.7 Å². The highest BCUT2D eigenvalue weighted by Crippen LogP contribution is 2.40. The van der Waals surface area contributed by atoms with E-state index in [9.17, 15) is 14.7 Å². The average molecular weight is 370 g/mol. The van der Waals surface area contributed by atoms with Crippen molar-refractivity contribution in [2.24, 2.45) is 0 Å². The van der Waals surface area contributed by atoms with Gasteiger partial charge in [0.2, 0.25) is 0 Å². The molecule has 5 atom stereocenters. The van der Waals surface area contributed by atoms with E-state index in [0.717, 1.165) is 0 Å². The van der Waals surface area contributed by atoms with Crippen molar-refractivity contribution in [2.75, 3.05) is 6.61 Å². The zero-order valence-electron chi connectivity index (χ0n) is 14.3. The van der Waals surface area contributed by atoms with Crippen LogP contribution in [0, 0.1) is 0 Å². The number of hydrogen-bond acceptors (Lipinski definition) is 7. The maximum Gasteiger partial charge on any atom is 0.338 e. The minimum absolute atomic E-state index is 0.212. The molecule has 0 aromatic heterocycles. The summed E-state index contributed by atoms with van der Waals surface area (Å²) in [7, 11) is 0. The standard InChI is InChI=1S/C20H18O7/c21-18(12-7-3-1-4-8-12)24-11-14(15-16-17(26-16)20(23)27-15)25-19(22)13-9-5-2-6-10-13/h1-10,14-17,20,23H,11H2/t14-,15-,16-,17-,20-/m1/s1. The highest BCUT2D eigenvalue weighted by Gasteiger charge is 2.61. The number of epoxide rings is 1. The van der Waals surface area contributed by atoms with E-state index in [1.54, 1.807) is 60.7 Å². The Morgan fingerprint density at radius 3 is 2.00 bits per heavy atom. The van der Waals surface area contributed by atoms with Crippen molar-refractivity contribution in [1.29, 1.82) is 0 Å². The minimum atomic E-state index is -1.08. The molecular weight excluding hydrogens is 352 g/mol. The minimum Gasteiger partial charge on any atom is -0.458 e. The summed E-state index contributed by atoms with van der Waals surface area (Å²) in [6.07, 6.45) is -3.51. The molecule has 2 aromatic carbocycles. The molecule has 0 saturated carbocycles. The lowest BCUT2D eigenvalue weighted by molar-refractivity contribution is -0.172. The summed E-state index contributed by atoms with van der Waals surface area (Å²) in [6.45, 7) is -0.212. The Morgan fingerprint density at radius 2 is 1.48 bits per heavy atom. The number of fused-ring (bicyclic) bond motifs is 1.